The Balaban J connectivity index is 2.07. The quantitative estimate of drug-likeness (QED) is 0.599. The van der Waals surface area contributed by atoms with Crippen molar-refractivity contribution < 1.29 is 0 Å². The monoisotopic (exact) mass is 160 g/mol. The van der Waals surface area contributed by atoms with E-state index in [0.29, 0.717) is 6.04 Å². The third-order valence-electron chi connectivity index (χ3n) is 2.92. The van der Waals surface area contributed by atoms with Crippen molar-refractivity contribution in [2.24, 2.45) is 5.92 Å². The van der Waals surface area contributed by atoms with Gasteiger partial charge in [0.05, 0.1) is 0 Å². The van der Waals surface area contributed by atoms with Crippen LogP contribution < -0.4 is 10.6 Å². The van der Waals surface area contributed by atoms with Gasteiger partial charge in [-0.1, -0.05) is 18.2 Å². The highest BCUT2D eigenvalue weighted by molar-refractivity contribution is 5.55. The van der Waals surface area contributed by atoms with Gasteiger partial charge in [-0.2, -0.15) is 0 Å². The van der Waals surface area contributed by atoms with E-state index in [1.807, 2.05) is 0 Å². The lowest BCUT2D eigenvalue weighted by Gasteiger charge is -2.43. The van der Waals surface area contributed by atoms with Crippen LogP contribution in [0.3, 0.4) is 0 Å². The zero-order valence-corrected chi connectivity index (χ0v) is 6.88. The van der Waals surface area contributed by atoms with E-state index in [9.17, 15) is 0 Å². The summed E-state index contributed by atoms with van der Waals surface area (Å²) < 4.78 is 0. The van der Waals surface area contributed by atoms with Crippen LogP contribution in [0, 0.1) is 5.92 Å². The van der Waals surface area contributed by atoms with Crippen molar-refractivity contribution in [3.8, 4) is 0 Å². The molecule has 0 aliphatic carbocycles. The van der Waals surface area contributed by atoms with Crippen LogP contribution in [0.2, 0.25) is 0 Å². The number of rotatable bonds is 0. The van der Waals surface area contributed by atoms with E-state index < -0.39 is 0 Å². The highest BCUT2D eigenvalue weighted by Gasteiger charge is 2.35. The Bertz CT molecular complexity index is 308. The van der Waals surface area contributed by atoms with Crippen LogP contribution in [-0.4, -0.2) is 13.1 Å². The molecule has 2 heterocycles. The first-order valence-corrected chi connectivity index (χ1v) is 4.51. The van der Waals surface area contributed by atoms with Gasteiger partial charge in [-0.15, -0.1) is 0 Å². The minimum absolute atomic E-state index is 0.627. The lowest BCUT2D eigenvalue weighted by molar-refractivity contribution is 0.242. The molecule has 0 spiro atoms. The maximum atomic E-state index is 3.46. The molecule has 0 amide bonds. The first kappa shape index (κ1) is 6.49. The molecule has 0 aromatic heterocycles. The number of nitrogens with one attached hydrogen (secondary N) is 2. The minimum atomic E-state index is 0.627. The standard InChI is InChI=1S/C10H12N2/c1-2-4-9-8(3-1)10-7(5-11-9)6-12-10/h1-4,7,10-12H,5-6H2. The average molecular weight is 160 g/mol. The molecule has 1 saturated heterocycles. The van der Waals surface area contributed by atoms with E-state index in [4.69, 9.17) is 0 Å². The fourth-order valence-corrected chi connectivity index (χ4v) is 2.13. The first-order valence-electron chi connectivity index (χ1n) is 4.51. The van der Waals surface area contributed by atoms with Crippen molar-refractivity contribution in [2.75, 3.05) is 18.4 Å². The van der Waals surface area contributed by atoms with Gasteiger partial charge < -0.3 is 10.6 Å². The van der Waals surface area contributed by atoms with Gasteiger partial charge in [-0.05, 0) is 11.6 Å². The molecule has 0 saturated carbocycles. The van der Waals surface area contributed by atoms with Gasteiger partial charge in [0.15, 0.2) is 0 Å². The van der Waals surface area contributed by atoms with E-state index in [1.54, 1.807) is 0 Å². The van der Waals surface area contributed by atoms with Crippen molar-refractivity contribution >= 4 is 5.69 Å². The number of benzene rings is 1. The molecule has 1 fully saturated rings. The van der Waals surface area contributed by atoms with Gasteiger partial charge in [0.1, 0.15) is 0 Å². The topological polar surface area (TPSA) is 24.1 Å². The Morgan fingerprint density at radius 1 is 1.17 bits per heavy atom. The predicted octanol–water partition coefficient (Wildman–Crippen LogP) is 1.37. The van der Waals surface area contributed by atoms with Crippen molar-refractivity contribution in [1.82, 2.24) is 5.32 Å². The second-order valence-corrected chi connectivity index (χ2v) is 3.61. The maximum Gasteiger partial charge on any atom is 0.0398 e. The Morgan fingerprint density at radius 2 is 2.08 bits per heavy atom. The summed E-state index contributed by atoms with van der Waals surface area (Å²) in [6.07, 6.45) is 0. The summed E-state index contributed by atoms with van der Waals surface area (Å²) in [4.78, 5) is 0. The number of hydrogen-bond acceptors (Lipinski definition) is 2. The van der Waals surface area contributed by atoms with Crippen LogP contribution in [0.25, 0.3) is 0 Å². The van der Waals surface area contributed by atoms with E-state index in [2.05, 4.69) is 34.9 Å². The number of para-hydroxylation sites is 1. The molecule has 2 nitrogen and oxygen atoms in total. The van der Waals surface area contributed by atoms with E-state index in [0.717, 1.165) is 12.5 Å². The van der Waals surface area contributed by atoms with E-state index in [1.165, 1.54) is 17.8 Å². The molecule has 62 valence electrons. The Labute approximate surface area is 72.0 Å². The molecule has 1 aromatic rings. The molecule has 1 aromatic carbocycles. The normalized spacial score (nSPS) is 31.0. The molecule has 0 bridgehead atoms. The largest absolute Gasteiger partial charge is 0.384 e. The Kier molecular flexibility index (Phi) is 1.21. The number of fused-ring (bicyclic) bond motifs is 3. The molecule has 2 atom stereocenters. The molecule has 2 aliphatic heterocycles. The van der Waals surface area contributed by atoms with Gasteiger partial charge in [-0.25, -0.2) is 0 Å². The summed E-state index contributed by atoms with van der Waals surface area (Å²) in [6.45, 7) is 2.31. The molecular formula is C10H12N2. The van der Waals surface area contributed by atoms with Crippen LogP contribution in [0.15, 0.2) is 24.3 Å². The lowest BCUT2D eigenvalue weighted by atomic mass is 9.82. The fraction of sp³-hybridized carbons (Fsp3) is 0.400. The molecule has 12 heavy (non-hydrogen) atoms. The van der Waals surface area contributed by atoms with Crippen molar-refractivity contribution in [2.45, 2.75) is 6.04 Å². The average Bonchev–Trinajstić information content (AvgIpc) is 2.05. The molecule has 2 N–H and O–H groups in total. The summed E-state index contributed by atoms with van der Waals surface area (Å²) in [5.41, 5.74) is 2.76. The second-order valence-electron chi connectivity index (χ2n) is 3.61. The smallest absolute Gasteiger partial charge is 0.0398 e. The van der Waals surface area contributed by atoms with Crippen LogP contribution in [0.4, 0.5) is 5.69 Å². The van der Waals surface area contributed by atoms with Gasteiger partial charge >= 0.3 is 0 Å². The fourth-order valence-electron chi connectivity index (χ4n) is 2.13. The zero-order chi connectivity index (χ0) is 7.97. The van der Waals surface area contributed by atoms with Crippen LogP contribution in [0.5, 0.6) is 0 Å². The SMILES string of the molecule is c1ccc2c(c1)NCC1CNC21. The Morgan fingerprint density at radius 3 is 2.92 bits per heavy atom. The van der Waals surface area contributed by atoms with Gasteiger partial charge in [0.25, 0.3) is 0 Å². The molecule has 2 unspecified atom stereocenters. The maximum absolute atomic E-state index is 3.46. The summed E-state index contributed by atoms with van der Waals surface area (Å²) in [7, 11) is 0. The number of anilines is 1. The lowest BCUT2D eigenvalue weighted by Crippen LogP contribution is -2.51. The molecule has 2 aliphatic rings. The zero-order valence-electron chi connectivity index (χ0n) is 6.88. The molecule has 0 radical (unpaired) electrons. The summed E-state index contributed by atoms with van der Waals surface area (Å²) in [6, 6.07) is 9.20. The highest BCUT2D eigenvalue weighted by Crippen LogP contribution is 2.37. The van der Waals surface area contributed by atoms with Crippen LogP contribution >= 0.6 is 0 Å². The first-order chi connectivity index (χ1) is 5.95. The highest BCUT2D eigenvalue weighted by atomic mass is 15.1. The van der Waals surface area contributed by atoms with Crippen molar-refractivity contribution in [3.05, 3.63) is 29.8 Å². The van der Waals surface area contributed by atoms with Gasteiger partial charge in [0, 0.05) is 30.7 Å². The second kappa shape index (κ2) is 2.23. The molecule has 3 rings (SSSR count). The summed E-state index contributed by atoms with van der Waals surface area (Å²) >= 11 is 0. The van der Waals surface area contributed by atoms with Gasteiger partial charge in [0.2, 0.25) is 0 Å². The van der Waals surface area contributed by atoms with E-state index in [-0.39, 0.29) is 0 Å². The summed E-state index contributed by atoms with van der Waals surface area (Å²) in [5, 5.41) is 6.92. The third-order valence-corrected chi connectivity index (χ3v) is 2.92. The Hall–Kier alpha value is -1.02. The molecule has 2 heteroatoms. The van der Waals surface area contributed by atoms with Crippen molar-refractivity contribution in [1.29, 1.82) is 0 Å². The molecular weight excluding hydrogens is 148 g/mol. The third kappa shape index (κ3) is 0.730. The van der Waals surface area contributed by atoms with Crippen molar-refractivity contribution in [3.63, 3.8) is 0 Å². The van der Waals surface area contributed by atoms with E-state index >= 15 is 0 Å². The predicted molar refractivity (Wildman–Crippen MR) is 49.2 cm³/mol. The van der Waals surface area contributed by atoms with Crippen LogP contribution in [-0.2, 0) is 0 Å². The number of hydrogen-bond donors (Lipinski definition) is 2. The summed E-state index contributed by atoms with van der Waals surface area (Å²) in [5.74, 6) is 0.819. The van der Waals surface area contributed by atoms with Gasteiger partial charge in [-0.3, -0.25) is 0 Å². The minimum Gasteiger partial charge on any atom is -0.384 e. The van der Waals surface area contributed by atoms with Crippen LogP contribution in [0.1, 0.15) is 11.6 Å².